The van der Waals surface area contributed by atoms with Crippen molar-refractivity contribution in [2.75, 3.05) is 11.5 Å². The summed E-state index contributed by atoms with van der Waals surface area (Å²) in [5.41, 5.74) is 0. The highest BCUT2D eigenvalue weighted by Crippen LogP contribution is 2.56. The molecule has 0 radical (unpaired) electrons. The average Bonchev–Trinajstić information content (AvgIpc) is 2.81. The van der Waals surface area contributed by atoms with Crippen molar-refractivity contribution in [2.24, 2.45) is 11.8 Å². The Kier molecular flexibility index (Phi) is 2.46. The summed E-state index contributed by atoms with van der Waals surface area (Å²) in [7, 11) is 0. The molecule has 3 aliphatic rings. The van der Waals surface area contributed by atoms with E-state index in [0.717, 1.165) is 23.6 Å². The van der Waals surface area contributed by atoms with Gasteiger partial charge < -0.3 is 4.52 Å². The van der Waals surface area contributed by atoms with Gasteiger partial charge in [-0.2, -0.15) is 16.7 Å². The second-order valence-corrected chi connectivity index (χ2v) is 6.90. The summed E-state index contributed by atoms with van der Waals surface area (Å²) in [4.78, 5) is 4.70. The number of fused-ring (bicyclic) bond motifs is 1. The molecule has 2 saturated carbocycles. The van der Waals surface area contributed by atoms with Crippen molar-refractivity contribution in [2.45, 2.75) is 43.9 Å². The minimum absolute atomic E-state index is 0.552. The molecule has 3 nitrogen and oxygen atoms in total. The average molecular weight is 250 g/mol. The molecule has 92 valence electrons. The van der Waals surface area contributed by atoms with Crippen LogP contribution in [0.3, 0.4) is 0 Å². The van der Waals surface area contributed by atoms with Crippen LogP contribution in [0, 0.1) is 11.8 Å². The van der Waals surface area contributed by atoms with Crippen molar-refractivity contribution in [3.8, 4) is 0 Å². The molecule has 0 bridgehead atoms. The Morgan fingerprint density at radius 3 is 3.12 bits per heavy atom. The normalized spacial score (nSPS) is 40.2. The maximum Gasteiger partial charge on any atom is 0.230 e. The predicted octanol–water partition coefficient (Wildman–Crippen LogP) is 3.19. The molecule has 0 N–H and O–H groups in total. The van der Waals surface area contributed by atoms with Gasteiger partial charge in [-0.1, -0.05) is 18.0 Å². The summed E-state index contributed by atoms with van der Waals surface area (Å²) in [6, 6.07) is 0. The van der Waals surface area contributed by atoms with Crippen LogP contribution in [0.2, 0.25) is 0 Å². The van der Waals surface area contributed by atoms with Crippen LogP contribution in [-0.4, -0.2) is 21.6 Å². The Morgan fingerprint density at radius 1 is 1.24 bits per heavy atom. The lowest BCUT2D eigenvalue weighted by molar-refractivity contribution is 0.301. The molecule has 4 atom stereocenters. The van der Waals surface area contributed by atoms with Crippen LogP contribution in [0.5, 0.6) is 0 Å². The molecule has 0 spiro atoms. The molecule has 2 aliphatic carbocycles. The van der Waals surface area contributed by atoms with Crippen molar-refractivity contribution in [3.63, 3.8) is 0 Å². The highest BCUT2D eigenvalue weighted by Gasteiger charge is 2.47. The zero-order valence-electron chi connectivity index (χ0n) is 9.97. The van der Waals surface area contributed by atoms with Gasteiger partial charge in [-0.25, -0.2) is 0 Å². The summed E-state index contributed by atoms with van der Waals surface area (Å²) in [6.45, 7) is 0. The van der Waals surface area contributed by atoms with Gasteiger partial charge in [0.15, 0.2) is 5.82 Å². The van der Waals surface area contributed by atoms with Crippen molar-refractivity contribution in [3.05, 3.63) is 11.7 Å². The third kappa shape index (κ3) is 1.81. The minimum Gasteiger partial charge on any atom is -0.339 e. The SMILES string of the molecule is C1CC2CC2C(c2nc(C3CCSC3)no2)C1. The van der Waals surface area contributed by atoms with Crippen LogP contribution in [0.25, 0.3) is 0 Å². The Bertz CT molecular complexity index is 413. The van der Waals surface area contributed by atoms with Crippen molar-refractivity contribution >= 4 is 11.8 Å². The van der Waals surface area contributed by atoms with E-state index in [4.69, 9.17) is 9.51 Å². The van der Waals surface area contributed by atoms with Crippen LogP contribution < -0.4 is 0 Å². The van der Waals surface area contributed by atoms with E-state index >= 15 is 0 Å². The quantitative estimate of drug-likeness (QED) is 0.808. The first-order chi connectivity index (χ1) is 8.42. The lowest BCUT2D eigenvalue weighted by Gasteiger charge is -2.16. The second kappa shape index (κ2) is 4.01. The Balaban J connectivity index is 1.53. The summed E-state index contributed by atoms with van der Waals surface area (Å²) in [6.07, 6.45) is 6.68. The van der Waals surface area contributed by atoms with E-state index in [9.17, 15) is 0 Å². The van der Waals surface area contributed by atoms with E-state index in [1.807, 2.05) is 11.8 Å². The van der Waals surface area contributed by atoms with E-state index < -0.39 is 0 Å². The van der Waals surface area contributed by atoms with Gasteiger partial charge in [0, 0.05) is 17.6 Å². The van der Waals surface area contributed by atoms with E-state index in [1.165, 1.54) is 43.6 Å². The van der Waals surface area contributed by atoms with Gasteiger partial charge in [0.05, 0.1) is 0 Å². The Labute approximate surface area is 106 Å². The fraction of sp³-hybridized carbons (Fsp3) is 0.846. The molecule has 4 heteroatoms. The van der Waals surface area contributed by atoms with E-state index in [1.54, 1.807) is 0 Å². The maximum absolute atomic E-state index is 5.54. The summed E-state index contributed by atoms with van der Waals surface area (Å²) < 4.78 is 5.54. The molecular formula is C13H18N2OS. The molecule has 3 fully saturated rings. The number of thioether (sulfide) groups is 1. The first-order valence-corrected chi connectivity index (χ1v) is 7.98. The summed E-state index contributed by atoms with van der Waals surface area (Å²) >= 11 is 2.01. The molecule has 4 unspecified atom stereocenters. The van der Waals surface area contributed by atoms with Gasteiger partial charge in [0.25, 0.3) is 0 Å². The number of rotatable bonds is 2. The molecule has 1 aliphatic heterocycles. The Hall–Kier alpha value is -0.510. The van der Waals surface area contributed by atoms with Gasteiger partial charge in [0.2, 0.25) is 5.89 Å². The lowest BCUT2D eigenvalue weighted by Crippen LogP contribution is -2.09. The van der Waals surface area contributed by atoms with Gasteiger partial charge in [-0.05, 0) is 36.9 Å². The van der Waals surface area contributed by atoms with Crippen molar-refractivity contribution < 1.29 is 4.52 Å². The standard InChI is InChI=1S/C13H18N2OS/c1-2-8-6-11(8)10(3-1)13-14-12(15-16-13)9-4-5-17-7-9/h8-11H,1-7H2. The van der Waals surface area contributed by atoms with Gasteiger partial charge in [-0.15, -0.1) is 0 Å². The molecule has 0 amide bonds. The number of hydrogen-bond acceptors (Lipinski definition) is 4. The first kappa shape index (κ1) is 10.4. The topological polar surface area (TPSA) is 38.9 Å². The zero-order chi connectivity index (χ0) is 11.2. The van der Waals surface area contributed by atoms with Gasteiger partial charge in [-0.3, -0.25) is 0 Å². The van der Waals surface area contributed by atoms with Crippen LogP contribution >= 0.6 is 11.8 Å². The zero-order valence-corrected chi connectivity index (χ0v) is 10.8. The molecule has 2 heterocycles. The summed E-state index contributed by atoms with van der Waals surface area (Å²) in [5.74, 6) is 7.34. The summed E-state index contributed by atoms with van der Waals surface area (Å²) in [5, 5.41) is 4.23. The van der Waals surface area contributed by atoms with Gasteiger partial charge >= 0.3 is 0 Å². The lowest BCUT2D eigenvalue weighted by atomic mass is 9.89. The maximum atomic E-state index is 5.54. The van der Waals surface area contributed by atoms with E-state index in [-0.39, 0.29) is 0 Å². The van der Waals surface area contributed by atoms with Crippen molar-refractivity contribution in [1.29, 1.82) is 0 Å². The monoisotopic (exact) mass is 250 g/mol. The third-order valence-electron chi connectivity index (χ3n) is 4.65. The molecule has 0 aromatic carbocycles. The molecule has 1 aromatic rings. The molecular weight excluding hydrogens is 232 g/mol. The van der Waals surface area contributed by atoms with Crippen LogP contribution in [0.4, 0.5) is 0 Å². The van der Waals surface area contributed by atoms with Crippen LogP contribution in [-0.2, 0) is 0 Å². The smallest absolute Gasteiger partial charge is 0.230 e. The number of hydrogen-bond donors (Lipinski definition) is 0. The van der Waals surface area contributed by atoms with E-state index in [0.29, 0.717) is 11.8 Å². The molecule has 1 aromatic heterocycles. The Morgan fingerprint density at radius 2 is 2.24 bits per heavy atom. The second-order valence-electron chi connectivity index (χ2n) is 5.75. The minimum atomic E-state index is 0.552. The molecule has 4 rings (SSSR count). The highest BCUT2D eigenvalue weighted by molar-refractivity contribution is 7.99. The number of aromatic nitrogens is 2. The molecule has 17 heavy (non-hydrogen) atoms. The van der Waals surface area contributed by atoms with E-state index in [2.05, 4.69) is 5.16 Å². The fourth-order valence-electron chi connectivity index (χ4n) is 3.52. The van der Waals surface area contributed by atoms with Crippen LogP contribution in [0.15, 0.2) is 4.52 Å². The van der Waals surface area contributed by atoms with Crippen molar-refractivity contribution in [1.82, 2.24) is 10.1 Å². The molecule has 1 saturated heterocycles. The van der Waals surface area contributed by atoms with Gasteiger partial charge in [0.1, 0.15) is 0 Å². The first-order valence-electron chi connectivity index (χ1n) is 6.83. The van der Waals surface area contributed by atoms with Crippen LogP contribution in [0.1, 0.15) is 55.7 Å². The largest absolute Gasteiger partial charge is 0.339 e. The number of nitrogens with zero attached hydrogens (tertiary/aromatic N) is 2. The third-order valence-corrected chi connectivity index (χ3v) is 5.82. The fourth-order valence-corrected chi connectivity index (χ4v) is 4.74. The predicted molar refractivity (Wildman–Crippen MR) is 67.2 cm³/mol. The highest BCUT2D eigenvalue weighted by atomic mass is 32.2.